The van der Waals surface area contributed by atoms with Crippen molar-refractivity contribution in [1.29, 1.82) is 5.41 Å². The first-order chi connectivity index (χ1) is 3.41. The van der Waals surface area contributed by atoms with Crippen LogP contribution in [-0.4, -0.2) is 15.8 Å². The number of rotatable bonds is 0. The number of hydrogen-bond acceptors (Lipinski definition) is 1. The SMILES string of the molecule is N=CN.[Br][Sn]([Br])([Br])[Br]. The third kappa shape index (κ3) is 88.3. The van der Waals surface area contributed by atoms with E-state index in [1.54, 1.807) is 0 Å². The van der Waals surface area contributed by atoms with Crippen molar-refractivity contribution < 1.29 is 0 Å². The molecule has 0 aliphatic heterocycles. The molecule has 7 heteroatoms. The van der Waals surface area contributed by atoms with Gasteiger partial charge in [0.05, 0.1) is 6.34 Å². The molecule has 0 rings (SSSR count). The van der Waals surface area contributed by atoms with E-state index in [1.807, 2.05) is 0 Å². The summed E-state index contributed by atoms with van der Waals surface area (Å²) in [7, 11) is -1.93. The minimum atomic E-state index is -1.93. The van der Waals surface area contributed by atoms with E-state index in [4.69, 9.17) is 5.41 Å². The van der Waals surface area contributed by atoms with Crippen molar-refractivity contribution in [2.75, 3.05) is 0 Å². The van der Waals surface area contributed by atoms with Crippen molar-refractivity contribution in [3.63, 3.8) is 0 Å². The van der Waals surface area contributed by atoms with Crippen LogP contribution in [0.1, 0.15) is 0 Å². The van der Waals surface area contributed by atoms with Crippen LogP contribution in [0.5, 0.6) is 0 Å². The van der Waals surface area contributed by atoms with Gasteiger partial charge >= 0.3 is 60.3 Å². The van der Waals surface area contributed by atoms with Crippen LogP contribution in [0.15, 0.2) is 0 Å². The predicted molar refractivity (Wildman–Crippen MR) is 54.4 cm³/mol. The quantitative estimate of drug-likeness (QED) is 0.311. The van der Waals surface area contributed by atoms with Gasteiger partial charge in [0.15, 0.2) is 0 Å². The molecule has 0 aliphatic carbocycles. The van der Waals surface area contributed by atoms with Crippen LogP contribution in [0.4, 0.5) is 0 Å². The Hall–Kier alpha value is 2.19. The van der Waals surface area contributed by atoms with Crippen LogP contribution in [0.25, 0.3) is 0 Å². The summed E-state index contributed by atoms with van der Waals surface area (Å²) in [6.07, 6.45) is 0.750. The topological polar surface area (TPSA) is 49.9 Å². The maximum atomic E-state index is 5.86. The zero-order chi connectivity index (χ0) is 7.21. The van der Waals surface area contributed by atoms with E-state index in [1.165, 1.54) is 0 Å². The molecule has 8 heavy (non-hydrogen) atoms. The average Bonchev–Trinajstić information content (AvgIpc) is 1.27. The van der Waals surface area contributed by atoms with Gasteiger partial charge in [0, 0.05) is 0 Å². The molecular formula is CH4Br4N2Sn. The summed E-state index contributed by atoms with van der Waals surface area (Å²) in [5, 5.41) is 5.86. The Morgan fingerprint density at radius 3 is 1.25 bits per heavy atom. The molecule has 0 aromatic heterocycles. The van der Waals surface area contributed by atoms with E-state index in [0.29, 0.717) is 0 Å². The average molecular weight is 482 g/mol. The standard InChI is InChI=1S/CH4N2.4BrH.Sn/c2-1-3;;;;;/h1H,(H3,2,3);4*1H;/q;;;;;+4/p-4. The Balaban J connectivity index is 0. The Morgan fingerprint density at radius 2 is 1.25 bits per heavy atom. The molecule has 2 nitrogen and oxygen atoms in total. The van der Waals surface area contributed by atoms with Crippen molar-refractivity contribution in [2.24, 2.45) is 5.73 Å². The summed E-state index contributed by atoms with van der Waals surface area (Å²) in [4.78, 5) is 0. The number of halogens is 4. The molecule has 3 N–H and O–H groups in total. The Kier molecular flexibility index (Phi) is 11.7. The Bertz CT molecular complexity index is 53.5. The fourth-order valence-corrected chi connectivity index (χ4v) is 0. The van der Waals surface area contributed by atoms with E-state index in [-0.39, 0.29) is 0 Å². The molecule has 0 aliphatic rings. The molecule has 50 valence electrons. The zero-order valence-corrected chi connectivity index (χ0v) is 12.9. The molecule has 0 aromatic rings. The van der Waals surface area contributed by atoms with Gasteiger partial charge in [-0.05, 0) is 0 Å². The van der Waals surface area contributed by atoms with E-state index in [2.05, 4.69) is 56.6 Å². The van der Waals surface area contributed by atoms with Gasteiger partial charge in [0.25, 0.3) is 0 Å². The van der Waals surface area contributed by atoms with Crippen LogP contribution >= 0.6 is 50.8 Å². The summed E-state index contributed by atoms with van der Waals surface area (Å²) in [6.45, 7) is 0. The van der Waals surface area contributed by atoms with Gasteiger partial charge in [-0.3, -0.25) is 5.41 Å². The number of nitrogens with two attached hydrogens (primary N) is 1. The molecule has 0 heterocycles. The van der Waals surface area contributed by atoms with Crippen molar-refractivity contribution in [3.8, 4) is 0 Å². The van der Waals surface area contributed by atoms with Gasteiger partial charge < -0.3 is 5.73 Å². The van der Waals surface area contributed by atoms with E-state index in [0.717, 1.165) is 6.34 Å². The second-order valence-electron chi connectivity index (χ2n) is 0.595. The van der Waals surface area contributed by atoms with Gasteiger partial charge in [0.1, 0.15) is 0 Å². The van der Waals surface area contributed by atoms with Gasteiger partial charge in [-0.1, -0.05) is 0 Å². The third-order valence-corrected chi connectivity index (χ3v) is 0. The van der Waals surface area contributed by atoms with Gasteiger partial charge in [-0.2, -0.15) is 0 Å². The summed E-state index contributed by atoms with van der Waals surface area (Å²) in [5.74, 6) is 0. The zero-order valence-electron chi connectivity index (χ0n) is 3.67. The number of nitrogens with one attached hydrogen (secondary N) is 1. The molecule has 0 saturated heterocycles. The normalized spacial score (nSPS) is 9.00. The molecule has 0 atom stereocenters. The van der Waals surface area contributed by atoms with Gasteiger partial charge in [-0.15, -0.1) is 0 Å². The van der Waals surface area contributed by atoms with Crippen molar-refractivity contribution >= 4 is 66.6 Å². The Labute approximate surface area is 76.4 Å². The van der Waals surface area contributed by atoms with E-state index >= 15 is 0 Å². The van der Waals surface area contributed by atoms with Crippen LogP contribution in [-0.2, 0) is 0 Å². The molecular weight excluding hydrogens is 478 g/mol. The van der Waals surface area contributed by atoms with Crippen LogP contribution in [0.3, 0.4) is 0 Å². The van der Waals surface area contributed by atoms with Gasteiger partial charge in [-0.25, -0.2) is 0 Å². The summed E-state index contributed by atoms with van der Waals surface area (Å²) < 4.78 is 0. The first-order valence-electron chi connectivity index (χ1n) is 1.38. The van der Waals surface area contributed by atoms with Gasteiger partial charge in [0.2, 0.25) is 0 Å². The van der Waals surface area contributed by atoms with E-state index in [9.17, 15) is 0 Å². The predicted octanol–water partition coefficient (Wildman–Crippen LogP) is 2.55. The molecule has 0 bridgehead atoms. The second-order valence-corrected chi connectivity index (χ2v) is 77.8. The molecule has 0 spiro atoms. The summed E-state index contributed by atoms with van der Waals surface area (Å²) in [5.41, 5.74) is 4.39. The molecule has 0 saturated carbocycles. The number of hydrogen-bond donors (Lipinski definition) is 2. The second kappa shape index (κ2) is 7.30. The van der Waals surface area contributed by atoms with Crippen LogP contribution in [0, 0.1) is 5.41 Å². The first kappa shape index (κ1) is 12.8. The van der Waals surface area contributed by atoms with E-state index < -0.39 is 9.49 Å². The molecule has 0 fully saturated rings. The third-order valence-electron chi connectivity index (χ3n) is 0. The Morgan fingerprint density at radius 1 is 1.25 bits per heavy atom. The van der Waals surface area contributed by atoms with Crippen LogP contribution < -0.4 is 5.73 Å². The molecule has 0 aromatic carbocycles. The fraction of sp³-hybridized carbons (Fsp3) is 0. The molecule has 0 unspecified atom stereocenters. The van der Waals surface area contributed by atoms with Crippen LogP contribution in [0.2, 0.25) is 0 Å². The summed E-state index contributed by atoms with van der Waals surface area (Å²) >= 11 is 13.3. The monoisotopic (exact) mass is 480 g/mol. The maximum absolute atomic E-state index is 5.86. The van der Waals surface area contributed by atoms with Crippen molar-refractivity contribution in [1.82, 2.24) is 0 Å². The van der Waals surface area contributed by atoms with Crippen molar-refractivity contribution in [3.05, 3.63) is 0 Å². The first-order valence-corrected chi connectivity index (χ1v) is 27.0. The minimum absolute atomic E-state index is 0.750. The fourth-order valence-electron chi connectivity index (χ4n) is 0. The molecule has 0 amide bonds. The van der Waals surface area contributed by atoms with Crippen molar-refractivity contribution in [2.45, 2.75) is 0 Å². The summed E-state index contributed by atoms with van der Waals surface area (Å²) in [6, 6.07) is 0. The molecule has 0 radical (unpaired) electrons.